The zero-order chi connectivity index (χ0) is 21.0. The fourth-order valence-electron chi connectivity index (χ4n) is 2.78. The van der Waals surface area contributed by atoms with Crippen LogP contribution >= 0.6 is 11.8 Å². The lowest BCUT2D eigenvalue weighted by molar-refractivity contribution is -0.127. The van der Waals surface area contributed by atoms with Crippen molar-refractivity contribution in [2.24, 2.45) is 0 Å². The second-order valence-corrected chi connectivity index (χ2v) is 7.26. The van der Waals surface area contributed by atoms with Gasteiger partial charge in [0.2, 0.25) is 5.91 Å². The van der Waals surface area contributed by atoms with Crippen molar-refractivity contribution in [1.82, 2.24) is 4.90 Å². The van der Waals surface area contributed by atoms with Gasteiger partial charge in [-0.15, -0.1) is 0 Å². The second kappa shape index (κ2) is 8.83. The molecule has 7 nitrogen and oxygen atoms in total. The molecule has 0 atom stereocenters. The molecule has 2 aromatic rings. The van der Waals surface area contributed by atoms with Crippen LogP contribution in [0.3, 0.4) is 0 Å². The molecule has 0 saturated carbocycles. The molecule has 0 aromatic heterocycles. The molecule has 1 N–H and O–H groups in total. The third-order valence-corrected chi connectivity index (χ3v) is 5.14. The van der Waals surface area contributed by atoms with Crippen molar-refractivity contribution < 1.29 is 23.9 Å². The Bertz CT molecular complexity index is 985. The Hall–Kier alpha value is -3.26. The van der Waals surface area contributed by atoms with E-state index in [2.05, 4.69) is 5.32 Å². The first-order valence-corrected chi connectivity index (χ1v) is 9.57. The van der Waals surface area contributed by atoms with E-state index in [1.807, 2.05) is 19.1 Å². The van der Waals surface area contributed by atoms with E-state index in [1.165, 1.54) is 14.2 Å². The van der Waals surface area contributed by atoms with E-state index in [0.29, 0.717) is 22.7 Å². The third-order valence-electron chi connectivity index (χ3n) is 4.23. The number of amides is 3. The van der Waals surface area contributed by atoms with Gasteiger partial charge in [0.05, 0.1) is 19.1 Å². The predicted molar refractivity (Wildman–Crippen MR) is 112 cm³/mol. The molecule has 0 aliphatic carbocycles. The molecule has 1 heterocycles. The van der Waals surface area contributed by atoms with E-state index < -0.39 is 17.1 Å². The second-order valence-electron chi connectivity index (χ2n) is 6.26. The van der Waals surface area contributed by atoms with Gasteiger partial charge in [-0.3, -0.25) is 19.3 Å². The monoisotopic (exact) mass is 412 g/mol. The lowest BCUT2D eigenvalue weighted by Gasteiger charge is -2.13. The number of nitrogens with zero attached hydrogens (tertiary/aromatic N) is 1. The van der Waals surface area contributed by atoms with Gasteiger partial charge in [0.25, 0.3) is 11.1 Å². The van der Waals surface area contributed by atoms with Crippen molar-refractivity contribution in [3.05, 3.63) is 58.5 Å². The molecule has 1 fully saturated rings. The van der Waals surface area contributed by atoms with Gasteiger partial charge in [-0.1, -0.05) is 29.8 Å². The number of benzene rings is 2. The Morgan fingerprint density at radius 1 is 1.10 bits per heavy atom. The fourth-order valence-corrected chi connectivity index (χ4v) is 3.61. The molecule has 2 aromatic carbocycles. The minimum Gasteiger partial charge on any atom is -0.493 e. The van der Waals surface area contributed by atoms with Crippen LogP contribution in [0.5, 0.6) is 11.5 Å². The summed E-state index contributed by atoms with van der Waals surface area (Å²) >= 11 is 0.782. The van der Waals surface area contributed by atoms with Gasteiger partial charge in [-0.25, -0.2) is 0 Å². The summed E-state index contributed by atoms with van der Waals surface area (Å²) in [6, 6.07) is 12.5. The quantitative estimate of drug-likeness (QED) is 0.729. The van der Waals surface area contributed by atoms with Crippen molar-refractivity contribution in [3.8, 4) is 11.5 Å². The Balaban J connectivity index is 1.75. The Morgan fingerprint density at radius 2 is 1.83 bits per heavy atom. The number of anilines is 1. The van der Waals surface area contributed by atoms with Gasteiger partial charge in [0.15, 0.2) is 11.5 Å². The van der Waals surface area contributed by atoms with Crippen molar-refractivity contribution in [1.29, 1.82) is 0 Å². The maximum Gasteiger partial charge on any atom is 0.294 e. The summed E-state index contributed by atoms with van der Waals surface area (Å²) in [5, 5.41) is 2.19. The summed E-state index contributed by atoms with van der Waals surface area (Å²) in [6.07, 6.45) is 1.56. The number of thioether (sulfide) groups is 1. The highest BCUT2D eigenvalue weighted by Gasteiger charge is 2.36. The van der Waals surface area contributed by atoms with Gasteiger partial charge >= 0.3 is 0 Å². The Morgan fingerprint density at radius 3 is 2.48 bits per heavy atom. The highest BCUT2D eigenvalue weighted by Crippen LogP contribution is 2.37. The lowest BCUT2D eigenvalue weighted by atomic mass is 10.1. The maximum atomic E-state index is 12.7. The summed E-state index contributed by atoms with van der Waals surface area (Å²) < 4.78 is 10.6. The fraction of sp³-hybridized carbons (Fsp3) is 0.190. The van der Waals surface area contributed by atoms with E-state index in [9.17, 15) is 14.4 Å². The summed E-state index contributed by atoms with van der Waals surface area (Å²) in [4.78, 5) is 38.4. The molecule has 1 aliphatic heterocycles. The molecule has 8 heteroatoms. The number of rotatable bonds is 6. The number of nitrogens with one attached hydrogen (secondary N) is 1. The van der Waals surface area contributed by atoms with Crippen molar-refractivity contribution >= 4 is 40.6 Å². The number of carbonyl (C=O) groups excluding carboxylic acids is 3. The first-order valence-electron chi connectivity index (χ1n) is 8.76. The molecular weight excluding hydrogens is 392 g/mol. The highest BCUT2D eigenvalue weighted by molar-refractivity contribution is 8.18. The summed E-state index contributed by atoms with van der Waals surface area (Å²) in [7, 11) is 3.01. The molecule has 0 unspecified atom stereocenters. The average Bonchev–Trinajstić information content (AvgIpc) is 2.96. The lowest BCUT2D eigenvalue weighted by Crippen LogP contribution is -2.36. The van der Waals surface area contributed by atoms with Crippen LogP contribution in [0.25, 0.3) is 6.08 Å². The molecule has 1 saturated heterocycles. The van der Waals surface area contributed by atoms with Crippen LogP contribution in [0, 0.1) is 6.92 Å². The number of carbonyl (C=O) groups is 3. The van der Waals surface area contributed by atoms with E-state index in [1.54, 1.807) is 36.4 Å². The van der Waals surface area contributed by atoms with E-state index in [0.717, 1.165) is 22.2 Å². The van der Waals surface area contributed by atoms with Gasteiger partial charge in [-0.05, 0) is 43.0 Å². The SMILES string of the molecule is COc1cccc(/C=C2/SC(=O)N(CC(=O)Nc3ccc(C)cc3)C2=O)c1OC. The molecule has 150 valence electrons. The minimum atomic E-state index is -0.524. The van der Waals surface area contributed by atoms with Crippen LogP contribution in [0.1, 0.15) is 11.1 Å². The number of hydrogen-bond acceptors (Lipinski definition) is 6. The van der Waals surface area contributed by atoms with Gasteiger partial charge in [-0.2, -0.15) is 0 Å². The normalized spacial score (nSPS) is 15.0. The van der Waals surface area contributed by atoms with Crippen LogP contribution < -0.4 is 14.8 Å². The number of para-hydroxylation sites is 1. The van der Waals surface area contributed by atoms with Gasteiger partial charge in [0, 0.05) is 11.3 Å². The van der Waals surface area contributed by atoms with Crippen LogP contribution in [0.2, 0.25) is 0 Å². The van der Waals surface area contributed by atoms with Gasteiger partial charge in [0.1, 0.15) is 6.54 Å². The van der Waals surface area contributed by atoms with Crippen molar-refractivity contribution in [2.45, 2.75) is 6.92 Å². The molecule has 3 rings (SSSR count). The molecule has 3 amide bonds. The Kier molecular flexibility index (Phi) is 6.23. The van der Waals surface area contributed by atoms with Crippen LogP contribution in [-0.4, -0.2) is 42.7 Å². The first-order chi connectivity index (χ1) is 13.9. The number of methoxy groups -OCH3 is 2. The smallest absolute Gasteiger partial charge is 0.294 e. The van der Waals surface area contributed by atoms with E-state index in [-0.39, 0.29) is 11.4 Å². The topological polar surface area (TPSA) is 84.9 Å². The zero-order valence-electron chi connectivity index (χ0n) is 16.2. The number of hydrogen-bond donors (Lipinski definition) is 1. The van der Waals surface area contributed by atoms with Crippen molar-refractivity contribution in [2.75, 3.05) is 26.1 Å². The molecule has 1 aliphatic rings. The van der Waals surface area contributed by atoms with Crippen LogP contribution in [-0.2, 0) is 9.59 Å². The van der Waals surface area contributed by atoms with E-state index in [4.69, 9.17) is 9.47 Å². The molecule has 0 spiro atoms. The maximum absolute atomic E-state index is 12.7. The summed E-state index contributed by atoms with van der Waals surface area (Å²) in [5.74, 6) is -0.00263. The molecule has 0 bridgehead atoms. The van der Waals surface area contributed by atoms with Crippen LogP contribution in [0.15, 0.2) is 47.4 Å². The van der Waals surface area contributed by atoms with Crippen LogP contribution in [0.4, 0.5) is 10.5 Å². The number of imide groups is 1. The predicted octanol–water partition coefficient (Wildman–Crippen LogP) is 3.69. The molecule has 29 heavy (non-hydrogen) atoms. The highest BCUT2D eigenvalue weighted by atomic mass is 32.2. The standard InChI is InChI=1S/C21H20N2O5S/c1-13-7-9-15(10-8-13)22-18(24)12-23-20(25)17(29-21(23)26)11-14-5-4-6-16(27-2)19(14)28-3/h4-11H,12H2,1-3H3,(H,22,24)/b17-11+. The third kappa shape index (κ3) is 4.60. The van der Waals surface area contributed by atoms with Crippen molar-refractivity contribution in [3.63, 3.8) is 0 Å². The molecular formula is C21H20N2O5S. The average molecular weight is 412 g/mol. The van der Waals surface area contributed by atoms with E-state index >= 15 is 0 Å². The van der Waals surface area contributed by atoms with Gasteiger partial charge < -0.3 is 14.8 Å². The molecule has 0 radical (unpaired) electrons. The minimum absolute atomic E-state index is 0.213. The zero-order valence-corrected chi connectivity index (χ0v) is 17.0. The number of ether oxygens (including phenoxy) is 2. The number of aryl methyl sites for hydroxylation is 1. The Labute approximate surface area is 172 Å². The largest absolute Gasteiger partial charge is 0.493 e. The summed E-state index contributed by atoms with van der Waals surface area (Å²) in [6.45, 7) is 1.58. The first kappa shape index (κ1) is 20.5. The summed E-state index contributed by atoms with van der Waals surface area (Å²) in [5.41, 5.74) is 2.26.